The summed E-state index contributed by atoms with van der Waals surface area (Å²) < 4.78 is 0. The van der Waals surface area contributed by atoms with Gasteiger partial charge in [-0.25, -0.2) is 11.5 Å². The zero-order valence-electron chi connectivity index (χ0n) is 17.2. The van der Waals surface area contributed by atoms with Gasteiger partial charge in [-0.2, -0.15) is 0 Å². The molecule has 0 radical (unpaired) electrons. The van der Waals surface area contributed by atoms with Crippen molar-refractivity contribution in [1.29, 1.82) is 0 Å². The number of anilines is 2. The summed E-state index contributed by atoms with van der Waals surface area (Å²) in [4.78, 5) is 48.1. The van der Waals surface area contributed by atoms with E-state index >= 15 is 0 Å². The summed E-state index contributed by atoms with van der Waals surface area (Å²) in [6.07, 6.45) is 0.368. The molecule has 3 amide bonds. The minimum atomic E-state index is -1.51. The molecular weight excluding hydrogens is 522 g/mol. The third-order valence-electron chi connectivity index (χ3n) is 7.33. The molecule has 4 heterocycles. The lowest BCUT2D eigenvalue weighted by Gasteiger charge is -2.36. The fraction of sp³-hybridized carbons (Fsp3) is 0.304. The monoisotopic (exact) mass is 534 g/mol. The number of rotatable bonds is 1. The number of carbonyl (C=O) groups excluding carboxylic acids is 3. The Morgan fingerprint density at radius 3 is 2.32 bits per heavy atom. The van der Waals surface area contributed by atoms with Crippen LogP contribution in [0, 0.1) is 18.4 Å². The number of carbonyl (C=O) groups is 3. The normalized spacial score (nSPS) is 31.6. The highest BCUT2D eigenvalue weighted by Gasteiger charge is 2.76. The van der Waals surface area contributed by atoms with E-state index < -0.39 is 47.2 Å². The van der Waals surface area contributed by atoms with Crippen LogP contribution < -0.4 is 10.2 Å². The molecule has 7 nitrogen and oxygen atoms in total. The molecule has 4 unspecified atom stereocenters. The van der Waals surface area contributed by atoms with Gasteiger partial charge < -0.3 is 10.2 Å². The van der Waals surface area contributed by atoms with Crippen molar-refractivity contribution < 1.29 is 14.4 Å². The number of amides is 3. The molecule has 34 heavy (non-hydrogen) atoms. The maximum atomic E-state index is 14.0. The molecule has 1 N–H and O–H groups in total. The molecule has 172 valence electrons. The number of hydrogen-bond acceptors (Lipinski definition) is 4. The second-order valence-electron chi connectivity index (χ2n) is 8.91. The number of imide groups is 1. The Hall–Kier alpha value is -2.34. The first-order chi connectivity index (χ1) is 16.2. The molecule has 6 rings (SSSR count). The molecule has 3 fully saturated rings. The van der Waals surface area contributed by atoms with Gasteiger partial charge in [0.25, 0.3) is 5.91 Å². The average molecular weight is 536 g/mol. The fourth-order valence-corrected chi connectivity index (χ4v) is 7.28. The molecular formula is C23H14Cl4N4O3. The summed E-state index contributed by atoms with van der Waals surface area (Å²) in [7, 11) is 0. The van der Waals surface area contributed by atoms with Crippen molar-refractivity contribution in [3.8, 4) is 0 Å². The first-order valence-corrected chi connectivity index (χ1v) is 12.0. The van der Waals surface area contributed by atoms with Gasteiger partial charge in [-0.3, -0.25) is 19.3 Å². The number of benzene rings is 2. The van der Waals surface area contributed by atoms with Crippen LogP contribution in [0.3, 0.4) is 0 Å². The standard InChI is InChI=1S/C23H14Cl4N4O3/c1-28-12-7-16-17-18(21(33)31(20(17)32)13-3-9(24)2-10(25)4-13)23(30(16)8-12)14-5-11(26)6-15(27)19(14)29-22(23)34/h2-6,12,16-18H,7-8H2,(H,29,34)/t12-,16?,17?,18?,23?/m0/s1. The third kappa shape index (κ3) is 2.66. The molecule has 4 aliphatic rings. The van der Waals surface area contributed by atoms with Crippen LogP contribution in [0.4, 0.5) is 11.4 Å². The highest BCUT2D eigenvalue weighted by Crippen LogP contribution is 2.62. The van der Waals surface area contributed by atoms with E-state index in [1.165, 1.54) is 24.3 Å². The second-order valence-corrected chi connectivity index (χ2v) is 10.6. The molecule has 3 saturated heterocycles. The largest absolute Gasteiger partial charge is 0.323 e. The summed E-state index contributed by atoms with van der Waals surface area (Å²) >= 11 is 25.0. The zero-order valence-corrected chi connectivity index (χ0v) is 20.2. The Labute approximate surface area is 214 Å². The molecule has 2 aromatic carbocycles. The topological polar surface area (TPSA) is 74.1 Å². The van der Waals surface area contributed by atoms with Gasteiger partial charge in [0.15, 0.2) is 0 Å². The lowest BCUT2D eigenvalue weighted by Crippen LogP contribution is -2.54. The lowest BCUT2D eigenvalue weighted by atomic mass is 9.75. The maximum absolute atomic E-state index is 14.0. The van der Waals surface area contributed by atoms with E-state index in [-0.39, 0.29) is 27.3 Å². The van der Waals surface area contributed by atoms with Crippen LogP contribution >= 0.6 is 46.4 Å². The second kappa shape index (κ2) is 7.33. The summed E-state index contributed by atoms with van der Waals surface area (Å²) in [5.41, 5.74) is -0.453. The molecule has 1 spiro atoms. The molecule has 0 aromatic heterocycles. The Bertz CT molecular complexity index is 1350. The molecule has 0 saturated carbocycles. The van der Waals surface area contributed by atoms with Crippen molar-refractivity contribution in [2.45, 2.75) is 24.0 Å². The van der Waals surface area contributed by atoms with Gasteiger partial charge >= 0.3 is 0 Å². The molecule has 2 aromatic rings. The highest BCUT2D eigenvalue weighted by molar-refractivity contribution is 6.38. The quantitative estimate of drug-likeness (QED) is 0.427. The summed E-state index contributed by atoms with van der Waals surface area (Å²) in [6.45, 7) is 7.82. The van der Waals surface area contributed by atoms with Gasteiger partial charge in [-0.1, -0.05) is 46.4 Å². The molecule has 0 bridgehead atoms. The van der Waals surface area contributed by atoms with Crippen molar-refractivity contribution in [1.82, 2.24) is 4.90 Å². The number of halogens is 4. The molecule has 0 aliphatic carbocycles. The zero-order chi connectivity index (χ0) is 24.1. The number of fused-ring (bicyclic) bond motifs is 7. The average Bonchev–Trinajstić information content (AvgIpc) is 3.44. The van der Waals surface area contributed by atoms with E-state index in [1.54, 1.807) is 6.07 Å². The van der Waals surface area contributed by atoms with E-state index in [0.717, 1.165) is 4.90 Å². The Morgan fingerprint density at radius 1 is 0.971 bits per heavy atom. The van der Waals surface area contributed by atoms with E-state index in [2.05, 4.69) is 10.2 Å². The van der Waals surface area contributed by atoms with Crippen LogP contribution in [0.1, 0.15) is 12.0 Å². The Kier molecular flexibility index (Phi) is 4.77. The SMILES string of the molecule is [C-]#[N+][C@H]1CC2C3C(=O)N(c4cc(Cl)cc(Cl)c4)C(=O)C3C3(C(=O)Nc4c(Cl)cc(Cl)cc43)N2C1. The summed E-state index contributed by atoms with van der Waals surface area (Å²) in [5, 5.41) is 3.90. The highest BCUT2D eigenvalue weighted by atomic mass is 35.5. The van der Waals surface area contributed by atoms with Gasteiger partial charge in [0.05, 0.1) is 34.8 Å². The predicted octanol–water partition coefficient (Wildman–Crippen LogP) is 4.63. The first-order valence-electron chi connectivity index (χ1n) is 10.5. The maximum Gasteiger partial charge on any atom is 0.250 e. The van der Waals surface area contributed by atoms with Crippen molar-refractivity contribution in [2.75, 3.05) is 16.8 Å². The van der Waals surface area contributed by atoms with Crippen molar-refractivity contribution in [3.63, 3.8) is 0 Å². The van der Waals surface area contributed by atoms with Crippen LogP contribution in [-0.2, 0) is 19.9 Å². The first kappa shape index (κ1) is 22.1. The Morgan fingerprint density at radius 2 is 1.65 bits per heavy atom. The molecule has 5 atom stereocenters. The van der Waals surface area contributed by atoms with Crippen LogP contribution in [0.2, 0.25) is 20.1 Å². The van der Waals surface area contributed by atoms with Gasteiger partial charge in [0.1, 0.15) is 5.54 Å². The molecule has 11 heteroatoms. The number of hydrogen-bond donors (Lipinski definition) is 1. The van der Waals surface area contributed by atoms with Gasteiger partial charge in [0, 0.05) is 33.1 Å². The van der Waals surface area contributed by atoms with Crippen LogP contribution in [0.15, 0.2) is 30.3 Å². The summed E-state index contributed by atoms with van der Waals surface area (Å²) in [5.74, 6) is -3.28. The summed E-state index contributed by atoms with van der Waals surface area (Å²) in [6, 6.07) is 6.72. The third-order valence-corrected chi connectivity index (χ3v) is 8.28. The van der Waals surface area contributed by atoms with E-state index in [9.17, 15) is 14.4 Å². The van der Waals surface area contributed by atoms with Crippen molar-refractivity contribution >= 4 is 75.5 Å². The van der Waals surface area contributed by atoms with Crippen LogP contribution in [-0.4, -0.2) is 41.2 Å². The Balaban J connectivity index is 1.59. The van der Waals surface area contributed by atoms with Crippen LogP contribution in [0.5, 0.6) is 0 Å². The van der Waals surface area contributed by atoms with Gasteiger partial charge in [-0.05, 0) is 30.3 Å². The number of nitrogens with one attached hydrogen (secondary N) is 1. The fourth-order valence-electron chi connectivity index (χ4n) is 6.23. The van der Waals surface area contributed by atoms with Gasteiger partial charge in [0.2, 0.25) is 17.9 Å². The minimum absolute atomic E-state index is 0.240. The lowest BCUT2D eigenvalue weighted by molar-refractivity contribution is -0.135. The van der Waals surface area contributed by atoms with E-state index in [1.807, 2.05) is 4.90 Å². The minimum Gasteiger partial charge on any atom is -0.323 e. The number of nitrogens with zero attached hydrogens (tertiary/aromatic N) is 3. The smallest absolute Gasteiger partial charge is 0.250 e. The van der Waals surface area contributed by atoms with E-state index in [0.29, 0.717) is 22.7 Å². The van der Waals surface area contributed by atoms with E-state index in [4.69, 9.17) is 53.0 Å². The van der Waals surface area contributed by atoms with Gasteiger partial charge in [-0.15, -0.1) is 0 Å². The predicted molar refractivity (Wildman–Crippen MR) is 128 cm³/mol. The molecule has 4 aliphatic heterocycles. The van der Waals surface area contributed by atoms with Crippen molar-refractivity contribution in [2.24, 2.45) is 11.8 Å². The van der Waals surface area contributed by atoms with Crippen molar-refractivity contribution in [3.05, 3.63) is 67.4 Å². The van der Waals surface area contributed by atoms with Crippen LogP contribution in [0.25, 0.3) is 4.85 Å².